The van der Waals surface area contributed by atoms with Crippen LogP contribution < -0.4 is 4.90 Å². The van der Waals surface area contributed by atoms with Crippen LogP contribution in [0.15, 0.2) is 212 Å². The van der Waals surface area contributed by atoms with Crippen LogP contribution >= 0.6 is 0 Å². The minimum atomic E-state index is -0.502. The minimum Gasteiger partial charge on any atom is -0.310 e. The zero-order chi connectivity index (χ0) is 38.5. The van der Waals surface area contributed by atoms with Crippen molar-refractivity contribution in [3.63, 3.8) is 0 Å². The van der Waals surface area contributed by atoms with E-state index in [-0.39, 0.29) is 0 Å². The van der Waals surface area contributed by atoms with Crippen molar-refractivity contribution in [3.05, 3.63) is 246 Å². The largest absolute Gasteiger partial charge is 0.310 e. The molecule has 0 aliphatic heterocycles. The van der Waals surface area contributed by atoms with Crippen molar-refractivity contribution < 1.29 is 0 Å². The van der Waals surface area contributed by atoms with E-state index in [2.05, 4.69) is 217 Å². The Hall–Kier alpha value is -6.96. The van der Waals surface area contributed by atoms with Gasteiger partial charge in [-0.05, 0) is 134 Å². The zero-order valence-electron chi connectivity index (χ0n) is 32.5. The van der Waals surface area contributed by atoms with Crippen LogP contribution in [0.3, 0.4) is 0 Å². The SMILES string of the molecule is c1ccc(-c2cc3ccccc3cc2N(c2ccc(-c3cccc4c3CCCC4)cc2)c2ccc3c(c2)C(c2ccccc2)(c2ccccc2)c2ccccc2-3)cc1. The minimum absolute atomic E-state index is 0.502. The molecule has 0 aromatic heterocycles. The fourth-order valence-electron chi connectivity index (χ4n) is 10.1. The van der Waals surface area contributed by atoms with Crippen LogP contribution in [0.25, 0.3) is 44.2 Å². The lowest BCUT2D eigenvalue weighted by molar-refractivity contribution is 0.687. The van der Waals surface area contributed by atoms with Gasteiger partial charge in [-0.3, -0.25) is 0 Å². The average Bonchev–Trinajstić information content (AvgIpc) is 3.60. The van der Waals surface area contributed by atoms with Crippen LogP contribution in [-0.4, -0.2) is 0 Å². The third-order valence-corrected chi connectivity index (χ3v) is 12.7. The van der Waals surface area contributed by atoms with Crippen LogP contribution in [0.5, 0.6) is 0 Å². The molecular formula is C57H43N. The Labute approximate surface area is 341 Å². The van der Waals surface area contributed by atoms with Crippen molar-refractivity contribution in [2.45, 2.75) is 31.1 Å². The molecule has 0 N–H and O–H groups in total. The van der Waals surface area contributed by atoms with Crippen LogP contribution in [0, 0.1) is 0 Å². The number of benzene rings is 9. The van der Waals surface area contributed by atoms with E-state index < -0.39 is 5.41 Å². The first-order valence-electron chi connectivity index (χ1n) is 20.7. The van der Waals surface area contributed by atoms with Crippen molar-refractivity contribution in [1.29, 1.82) is 0 Å². The Kier molecular flexibility index (Phi) is 8.40. The van der Waals surface area contributed by atoms with E-state index >= 15 is 0 Å². The van der Waals surface area contributed by atoms with Gasteiger partial charge in [-0.1, -0.05) is 176 Å². The molecule has 0 saturated heterocycles. The lowest BCUT2D eigenvalue weighted by Gasteiger charge is -2.35. The van der Waals surface area contributed by atoms with E-state index in [1.807, 2.05) is 0 Å². The maximum Gasteiger partial charge on any atom is 0.0714 e. The van der Waals surface area contributed by atoms with Crippen LogP contribution in [0.2, 0.25) is 0 Å². The Bertz CT molecular complexity index is 2890. The predicted octanol–water partition coefficient (Wildman–Crippen LogP) is 14.9. The summed E-state index contributed by atoms with van der Waals surface area (Å²) in [7, 11) is 0. The highest BCUT2D eigenvalue weighted by molar-refractivity contribution is 5.99. The standard InChI is InChI=1S/C57H43N/c1-4-17-41(18-5-1)53-37-43-20-10-11-21-44(43)38-56(53)58(47-33-31-42(32-34-47)50-29-16-22-40-19-12-13-27-49(40)50)48-35-36-52-51-28-14-15-30-54(51)57(55(52)39-48,45-23-6-2-7-24-45)46-25-8-3-9-26-46/h1-11,14-18,20-26,28-39H,12-13,19,27H2. The van der Waals surface area contributed by atoms with Gasteiger partial charge in [-0.25, -0.2) is 0 Å². The molecule has 11 rings (SSSR count). The highest BCUT2D eigenvalue weighted by Crippen LogP contribution is 2.57. The molecule has 1 nitrogen and oxygen atoms in total. The van der Waals surface area contributed by atoms with E-state index in [0.29, 0.717) is 0 Å². The predicted molar refractivity (Wildman–Crippen MR) is 243 cm³/mol. The summed E-state index contributed by atoms with van der Waals surface area (Å²) in [4.78, 5) is 2.50. The number of fused-ring (bicyclic) bond motifs is 5. The van der Waals surface area contributed by atoms with E-state index in [9.17, 15) is 0 Å². The molecule has 0 fully saturated rings. The summed E-state index contributed by atoms with van der Waals surface area (Å²) in [6.45, 7) is 0. The van der Waals surface area contributed by atoms with Crippen molar-refractivity contribution in [1.82, 2.24) is 0 Å². The van der Waals surface area contributed by atoms with Crippen LogP contribution in [0.4, 0.5) is 17.1 Å². The van der Waals surface area contributed by atoms with Gasteiger partial charge in [0.2, 0.25) is 0 Å². The molecule has 276 valence electrons. The summed E-state index contributed by atoms with van der Waals surface area (Å²) in [6, 6.07) is 79.1. The van der Waals surface area contributed by atoms with Gasteiger partial charge in [0.1, 0.15) is 0 Å². The molecule has 0 radical (unpaired) electrons. The van der Waals surface area contributed by atoms with Crippen molar-refractivity contribution in [2.24, 2.45) is 0 Å². The first-order valence-corrected chi connectivity index (χ1v) is 20.7. The lowest BCUT2D eigenvalue weighted by Crippen LogP contribution is -2.28. The number of nitrogens with zero attached hydrogens (tertiary/aromatic N) is 1. The molecule has 0 bridgehead atoms. The fraction of sp³-hybridized carbons (Fsp3) is 0.0877. The summed E-state index contributed by atoms with van der Waals surface area (Å²) in [5.74, 6) is 0. The van der Waals surface area contributed by atoms with E-state index in [0.717, 1.165) is 23.5 Å². The van der Waals surface area contributed by atoms with Crippen molar-refractivity contribution >= 4 is 27.8 Å². The molecule has 9 aromatic carbocycles. The lowest BCUT2D eigenvalue weighted by atomic mass is 9.67. The number of aryl methyl sites for hydroxylation is 1. The van der Waals surface area contributed by atoms with E-state index in [1.54, 1.807) is 0 Å². The molecule has 2 aliphatic carbocycles. The first-order chi connectivity index (χ1) is 28.8. The fourth-order valence-corrected chi connectivity index (χ4v) is 10.1. The van der Waals surface area contributed by atoms with Crippen molar-refractivity contribution in [2.75, 3.05) is 4.90 Å². The highest BCUT2D eigenvalue weighted by Gasteiger charge is 2.46. The normalized spacial score (nSPS) is 13.7. The summed E-state index contributed by atoms with van der Waals surface area (Å²) in [5, 5.41) is 2.44. The molecule has 0 atom stereocenters. The Morgan fingerprint density at radius 1 is 0.362 bits per heavy atom. The maximum absolute atomic E-state index is 2.50. The second-order valence-corrected chi connectivity index (χ2v) is 15.9. The molecule has 0 unspecified atom stereocenters. The summed E-state index contributed by atoms with van der Waals surface area (Å²) in [6.07, 6.45) is 4.87. The smallest absolute Gasteiger partial charge is 0.0714 e. The van der Waals surface area contributed by atoms with Crippen LogP contribution in [-0.2, 0) is 18.3 Å². The molecule has 0 heterocycles. The number of hydrogen-bond donors (Lipinski definition) is 0. The molecule has 2 aliphatic rings. The summed E-state index contributed by atoms with van der Waals surface area (Å²) < 4.78 is 0. The summed E-state index contributed by atoms with van der Waals surface area (Å²) >= 11 is 0. The molecular weight excluding hydrogens is 699 g/mol. The Morgan fingerprint density at radius 2 is 0.931 bits per heavy atom. The molecule has 0 saturated carbocycles. The summed E-state index contributed by atoms with van der Waals surface area (Å²) in [5.41, 5.74) is 18.7. The second-order valence-electron chi connectivity index (χ2n) is 15.9. The highest BCUT2D eigenvalue weighted by atomic mass is 15.1. The second kappa shape index (κ2) is 14.2. The van der Waals surface area contributed by atoms with Gasteiger partial charge in [0.15, 0.2) is 0 Å². The molecule has 58 heavy (non-hydrogen) atoms. The van der Waals surface area contributed by atoms with Gasteiger partial charge >= 0.3 is 0 Å². The Balaban J connectivity index is 1.18. The topological polar surface area (TPSA) is 3.24 Å². The van der Waals surface area contributed by atoms with Crippen LogP contribution in [0.1, 0.15) is 46.2 Å². The molecule has 0 amide bonds. The molecule has 9 aromatic rings. The van der Waals surface area contributed by atoms with Gasteiger partial charge in [0.05, 0.1) is 11.1 Å². The average molecular weight is 742 g/mol. The van der Waals surface area contributed by atoms with Gasteiger partial charge in [0, 0.05) is 16.9 Å². The maximum atomic E-state index is 2.50. The van der Waals surface area contributed by atoms with E-state index in [4.69, 9.17) is 0 Å². The first kappa shape index (κ1) is 34.3. The zero-order valence-corrected chi connectivity index (χ0v) is 32.5. The number of hydrogen-bond acceptors (Lipinski definition) is 1. The third kappa shape index (κ3) is 5.53. The molecule has 1 heteroatoms. The monoisotopic (exact) mass is 741 g/mol. The quantitative estimate of drug-likeness (QED) is 0.157. The van der Waals surface area contributed by atoms with Gasteiger partial charge in [-0.15, -0.1) is 0 Å². The van der Waals surface area contributed by atoms with E-state index in [1.165, 1.54) is 96.8 Å². The van der Waals surface area contributed by atoms with Gasteiger partial charge < -0.3 is 4.90 Å². The van der Waals surface area contributed by atoms with Gasteiger partial charge in [-0.2, -0.15) is 0 Å². The number of rotatable bonds is 7. The Morgan fingerprint density at radius 3 is 1.67 bits per heavy atom. The van der Waals surface area contributed by atoms with Gasteiger partial charge in [0.25, 0.3) is 0 Å². The van der Waals surface area contributed by atoms with Crippen molar-refractivity contribution in [3.8, 4) is 33.4 Å². The number of anilines is 3. The molecule has 0 spiro atoms. The third-order valence-electron chi connectivity index (χ3n) is 12.7.